The minimum atomic E-state index is -1.16. The SMILES string of the molecule is O=C1N[C@@]2(Oc3ccccc3[C@@H]3CC(c4ccccc4)=NN32)/C(=C/c2ccccc2)S1. The zero-order valence-corrected chi connectivity index (χ0v) is 17.4. The number of carbonyl (C=O) groups is 1. The Morgan fingerprint density at radius 1 is 1.00 bits per heavy atom. The zero-order valence-electron chi connectivity index (χ0n) is 16.6. The van der Waals surface area contributed by atoms with Crippen molar-refractivity contribution in [1.82, 2.24) is 10.3 Å². The Kier molecular flexibility index (Phi) is 4.14. The molecule has 1 amide bonds. The van der Waals surface area contributed by atoms with Gasteiger partial charge in [-0.3, -0.25) is 10.1 Å². The number of thioether (sulfide) groups is 1. The molecule has 1 saturated heterocycles. The number of carbonyl (C=O) groups excluding carboxylic acids is 1. The molecule has 3 aromatic rings. The molecule has 1 spiro atoms. The second kappa shape index (κ2) is 7.03. The van der Waals surface area contributed by atoms with Crippen LogP contribution in [0.1, 0.15) is 29.2 Å². The smallest absolute Gasteiger partial charge is 0.314 e. The fraction of sp³-hybridized carbons (Fsp3) is 0.120. The number of benzene rings is 3. The summed E-state index contributed by atoms with van der Waals surface area (Å²) >= 11 is 1.16. The van der Waals surface area contributed by atoms with E-state index in [2.05, 4.69) is 23.5 Å². The fourth-order valence-corrected chi connectivity index (χ4v) is 5.28. The summed E-state index contributed by atoms with van der Waals surface area (Å²) in [6.07, 6.45) is 2.74. The molecule has 152 valence electrons. The Bertz CT molecular complexity index is 1230. The van der Waals surface area contributed by atoms with Gasteiger partial charge in [-0.15, -0.1) is 0 Å². The first-order valence-corrected chi connectivity index (χ1v) is 11.0. The molecule has 3 aromatic carbocycles. The highest BCUT2D eigenvalue weighted by molar-refractivity contribution is 8.17. The number of nitrogens with one attached hydrogen (secondary N) is 1. The number of amides is 1. The summed E-state index contributed by atoms with van der Waals surface area (Å²) in [6.45, 7) is 0. The second-order valence-corrected chi connectivity index (χ2v) is 8.71. The topological polar surface area (TPSA) is 53.9 Å². The van der Waals surface area contributed by atoms with Crippen LogP contribution in [-0.4, -0.2) is 21.8 Å². The number of nitrogens with zero attached hydrogens (tertiary/aromatic N) is 2. The van der Waals surface area contributed by atoms with Crippen LogP contribution in [0.2, 0.25) is 0 Å². The van der Waals surface area contributed by atoms with Gasteiger partial charge < -0.3 is 4.74 Å². The third-order valence-electron chi connectivity index (χ3n) is 5.78. The summed E-state index contributed by atoms with van der Waals surface area (Å²) in [6, 6.07) is 28.1. The normalized spacial score (nSPS) is 25.1. The highest BCUT2D eigenvalue weighted by atomic mass is 32.2. The third-order valence-corrected chi connectivity index (χ3v) is 6.68. The zero-order chi connectivity index (χ0) is 20.8. The maximum Gasteiger partial charge on any atom is 0.314 e. The van der Waals surface area contributed by atoms with E-state index < -0.39 is 5.85 Å². The van der Waals surface area contributed by atoms with Crippen molar-refractivity contribution in [3.8, 4) is 5.75 Å². The van der Waals surface area contributed by atoms with E-state index in [1.165, 1.54) is 0 Å². The number of ether oxygens (including phenoxy) is 1. The second-order valence-electron chi connectivity index (χ2n) is 7.69. The van der Waals surface area contributed by atoms with Gasteiger partial charge >= 0.3 is 5.85 Å². The lowest BCUT2D eigenvalue weighted by Crippen LogP contribution is -2.61. The molecule has 0 radical (unpaired) electrons. The third kappa shape index (κ3) is 2.94. The summed E-state index contributed by atoms with van der Waals surface area (Å²) in [5, 5.41) is 9.86. The average molecular weight is 426 g/mol. The fourth-order valence-electron chi connectivity index (χ4n) is 4.37. The van der Waals surface area contributed by atoms with E-state index in [9.17, 15) is 4.79 Å². The van der Waals surface area contributed by atoms with E-state index in [0.29, 0.717) is 0 Å². The molecule has 6 rings (SSSR count). The molecule has 0 aliphatic carbocycles. The number of hydrazone groups is 1. The Hall–Kier alpha value is -3.51. The number of fused-ring (bicyclic) bond motifs is 4. The Morgan fingerprint density at radius 2 is 1.71 bits per heavy atom. The summed E-state index contributed by atoms with van der Waals surface area (Å²) in [5.41, 5.74) is 4.14. The quantitative estimate of drug-likeness (QED) is 0.599. The van der Waals surface area contributed by atoms with Gasteiger partial charge in [-0.05, 0) is 35.0 Å². The van der Waals surface area contributed by atoms with E-state index in [1.807, 2.05) is 77.8 Å². The summed E-state index contributed by atoms with van der Waals surface area (Å²) < 4.78 is 6.53. The van der Waals surface area contributed by atoms with Crippen molar-refractivity contribution in [3.63, 3.8) is 0 Å². The first-order valence-electron chi connectivity index (χ1n) is 10.2. The minimum absolute atomic E-state index is 0.0293. The largest absolute Gasteiger partial charge is 0.444 e. The first-order chi connectivity index (χ1) is 15.2. The molecule has 31 heavy (non-hydrogen) atoms. The van der Waals surface area contributed by atoms with Gasteiger partial charge in [0.25, 0.3) is 5.24 Å². The van der Waals surface area contributed by atoms with Crippen LogP contribution in [0.25, 0.3) is 6.08 Å². The van der Waals surface area contributed by atoms with Crippen LogP contribution in [0, 0.1) is 0 Å². The molecular weight excluding hydrogens is 406 g/mol. The van der Waals surface area contributed by atoms with Gasteiger partial charge in [-0.25, -0.2) is 5.01 Å². The molecule has 0 saturated carbocycles. The van der Waals surface area contributed by atoms with Gasteiger partial charge in [0.1, 0.15) is 5.75 Å². The van der Waals surface area contributed by atoms with Crippen LogP contribution >= 0.6 is 11.8 Å². The van der Waals surface area contributed by atoms with Crippen LogP contribution in [0.15, 0.2) is 94.9 Å². The van der Waals surface area contributed by atoms with Crippen LogP contribution in [0.3, 0.4) is 0 Å². The number of hydrogen-bond acceptors (Lipinski definition) is 5. The molecule has 3 aliphatic rings. The standard InChI is InChI=1S/C25H19N3O2S/c29-24-26-25(23(31-24)15-17-9-3-1-4-10-17)28-21(19-13-7-8-14-22(19)30-25)16-20(27-28)18-11-5-2-6-12-18/h1-15,21H,16H2,(H,26,29)/b23-15-/t21-,25-/m0/s1. The van der Waals surface area contributed by atoms with Crippen LogP contribution in [0.4, 0.5) is 4.79 Å². The molecular formula is C25H19N3O2S. The van der Waals surface area contributed by atoms with Crippen LogP contribution in [-0.2, 0) is 0 Å². The molecule has 3 aliphatic heterocycles. The van der Waals surface area contributed by atoms with Gasteiger partial charge in [-0.1, -0.05) is 78.9 Å². The predicted molar refractivity (Wildman–Crippen MR) is 123 cm³/mol. The molecule has 3 heterocycles. The highest BCUT2D eigenvalue weighted by Crippen LogP contribution is 2.52. The molecule has 2 atom stereocenters. The molecule has 5 nitrogen and oxygen atoms in total. The molecule has 0 unspecified atom stereocenters. The van der Waals surface area contributed by atoms with Crippen molar-refractivity contribution in [3.05, 3.63) is 107 Å². The van der Waals surface area contributed by atoms with Crippen molar-refractivity contribution >= 4 is 28.8 Å². The van der Waals surface area contributed by atoms with E-state index in [4.69, 9.17) is 9.84 Å². The van der Waals surface area contributed by atoms with Gasteiger partial charge in [0, 0.05) is 12.0 Å². The van der Waals surface area contributed by atoms with Gasteiger partial charge in [0.2, 0.25) is 0 Å². The monoisotopic (exact) mass is 425 g/mol. The van der Waals surface area contributed by atoms with Crippen molar-refractivity contribution < 1.29 is 9.53 Å². The summed E-state index contributed by atoms with van der Waals surface area (Å²) in [7, 11) is 0. The van der Waals surface area contributed by atoms with Crippen molar-refractivity contribution in [2.45, 2.75) is 18.3 Å². The van der Waals surface area contributed by atoms with Crippen LogP contribution in [0.5, 0.6) is 5.75 Å². The van der Waals surface area contributed by atoms with E-state index in [0.717, 1.165) is 51.2 Å². The maximum atomic E-state index is 12.6. The van der Waals surface area contributed by atoms with Crippen LogP contribution < -0.4 is 10.1 Å². The Balaban J connectivity index is 1.52. The molecule has 0 bridgehead atoms. The van der Waals surface area contributed by atoms with E-state index in [-0.39, 0.29) is 11.3 Å². The molecule has 1 fully saturated rings. The molecule has 6 heteroatoms. The number of para-hydroxylation sites is 1. The number of hydrogen-bond donors (Lipinski definition) is 1. The van der Waals surface area contributed by atoms with Crippen molar-refractivity contribution in [2.24, 2.45) is 5.10 Å². The lowest BCUT2D eigenvalue weighted by atomic mass is 9.95. The van der Waals surface area contributed by atoms with Gasteiger partial charge in [0.15, 0.2) is 0 Å². The van der Waals surface area contributed by atoms with Crippen molar-refractivity contribution in [2.75, 3.05) is 0 Å². The highest BCUT2D eigenvalue weighted by Gasteiger charge is 2.58. The summed E-state index contributed by atoms with van der Waals surface area (Å²) in [5.74, 6) is -0.386. The molecule has 0 aromatic heterocycles. The Labute approximate surface area is 184 Å². The minimum Gasteiger partial charge on any atom is -0.444 e. The lowest BCUT2D eigenvalue weighted by Gasteiger charge is -2.45. The summed E-state index contributed by atoms with van der Waals surface area (Å²) in [4.78, 5) is 13.4. The van der Waals surface area contributed by atoms with Gasteiger partial charge in [-0.2, -0.15) is 5.10 Å². The first kappa shape index (κ1) is 18.3. The van der Waals surface area contributed by atoms with Gasteiger partial charge in [0.05, 0.1) is 16.7 Å². The predicted octanol–water partition coefficient (Wildman–Crippen LogP) is 5.38. The maximum absolute atomic E-state index is 12.6. The average Bonchev–Trinajstić information content (AvgIpc) is 3.38. The van der Waals surface area contributed by atoms with E-state index in [1.54, 1.807) is 0 Å². The number of rotatable bonds is 2. The Morgan fingerprint density at radius 3 is 2.52 bits per heavy atom. The van der Waals surface area contributed by atoms with Crippen molar-refractivity contribution in [1.29, 1.82) is 0 Å². The van der Waals surface area contributed by atoms with E-state index >= 15 is 0 Å². The lowest BCUT2D eigenvalue weighted by molar-refractivity contribution is -0.0949. The molecule has 1 N–H and O–H groups in total.